The molecule has 0 unspecified atom stereocenters. The Bertz CT molecular complexity index is 638. The summed E-state index contributed by atoms with van der Waals surface area (Å²) < 4.78 is 51.2. The number of aromatic hydroxyl groups is 2. The second-order valence-corrected chi connectivity index (χ2v) is 4.57. The summed E-state index contributed by atoms with van der Waals surface area (Å²) in [6.07, 6.45) is -8.00. The first kappa shape index (κ1) is 16.0. The summed E-state index contributed by atoms with van der Waals surface area (Å²) in [6.45, 7) is 0. The topological polar surface area (TPSA) is 93.4 Å². The van der Waals surface area contributed by atoms with Crippen LogP contribution in [0.25, 0.3) is 0 Å². The summed E-state index contributed by atoms with van der Waals surface area (Å²) in [5.41, 5.74) is -4.89. The van der Waals surface area contributed by atoms with E-state index in [9.17, 15) is 32.6 Å². The van der Waals surface area contributed by atoms with Crippen LogP contribution in [0.15, 0.2) is 23.3 Å². The van der Waals surface area contributed by atoms with Gasteiger partial charge in [0.15, 0.2) is 0 Å². The van der Waals surface area contributed by atoms with Crippen molar-refractivity contribution in [3.05, 3.63) is 23.8 Å². The third kappa shape index (κ3) is 2.56. The molecule has 1 aromatic carbocycles. The number of rotatable bonds is 3. The van der Waals surface area contributed by atoms with Crippen molar-refractivity contribution in [3.63, 3.8) is 0 Å². The molecule has 0 radical (unpaired) electrons. The van der Waals surface area contributed by atoms with E-state index in [0.717, 1.165) is 18.2 Å². The van der Waals surface area contributed by atoms with Gasteiger partial charge in [0.1, 0.15) is 17.2 Å². The van der Waals surface area contributed by atoms with Gasteiger partial charge < -0.3 is 15.3 Å². The number of benzene rings is 1. The van der Waals surface area contributed by atoms with Crippen LogP contribution < -0.4 is 0 Å². The molecule has 1 aliphatic heterocycles. The standard InChI is InChI=1S/C12H10F4N2O4/c13-9(14)7-4-12(22,11(15)16)18(17-7)10(21)6-2-1-5(19)3-8(6)20/h1-3,9,11,19-20,22H,4H2/t12-/m1/s1. The van der Waals surface area contributed by atoms with Crippen LogP contribution in [-0.4, -0.2) is 50.5 Å². The number of phenols is 2. The van der Waals surface area contributed by atoms with Gasteiger partial charge >= 0.3 is 0 Å². The van der Waals surface area contributed by atoms with E-state index in [4.69, 9.17) is 5.11 Å². The molecule has 22 heavy (non-hydrogen) atoms. The summed E-state index contributed by atoms with van der Waals surface area (Å²) in [5.74, 6) is -2.59. The van der Waals surface area contributed by atoms with Crippen molar-refractivity contribution < 1.29 is 37.7 Å². The second-order valence-electron chi connectivity index (χ2n) is 4.57. The third-order valence-electron chi connectivity index (χ3n) is 3.04. The maximum Gasteiger partial charge on any atom is 0.287 e. The Kier molecular flexibility index (Phi) is 3.96. The summed E-state index contributed by atoms with van der Waals surface area (Å²) >= 11 is 0. The Morgan fingerprint density at radius 2 is 1.91 bits per heavy atom. The van der Waals surface area contributed by atoms with Crippen LogP contribution in [0.5, 0.6) is 11.5 Å². The predicted molar refractivity (Wildman–Crippen MR) is 65.0 cm³/mol. The van der Waals surface area contributed by atoms with Crippen molar-refractivity contribution in [2.75, 3.05) is 0 Å². The Balaban J connectivity index is 2.44. The second kappa shape index (κ2) is 5.44. The number of amides is 1. The van der Waals surface area contributed by atoms with Crippen molar-refractivity contribution in [1.82, 2.24) is 5.01 Å². The zero-order valence-corrected chi connectivity index (χ0v) is 10.8. The van der Waals surface area contributed by atoms with Gasteiger partial charge in [-0.3, -0.25) is 4.79 Å². The van der Waals surface area contributed by atoms with Gasteiger partial charge in [-0.1, -0.05) is 0 Å². The Hall–Kier alpha value is -2.36. The molecule has 0 saturated carbocycles. The lowest BCUT2D eigenvalue weighted by Crippen LogP contribution is -2.51. The number of aliphatic hydroxyl groups is 1. The van der Waals surface area contributed by atoms with Gasteiger partial charge in [-0.25, -0.2) is 17.6 Å². The fourth-order valence-electron chi connectivity index (χ4n) is 1.92. The van der Waals surface area contributed by atoms with Crippen molar-refractivity contribution in [3.8, 4) is 11.5 Å². The number of nitrogens with zero attached hydrogens (tertiary/aromatic N) is 2. The molecule has 3 N–H and O–H groups in total. The number of phenolic OH excluding ortho intramolecular Hbond substituents is 2. The largest absolute Gasteiger partial charge is 0.508 e. The van der Waals surface area contributed by atoms with Gasteiger partial charge in [0.25, 0.3) is 18.8 Å². The van der Waals surface area contributed by atoms with Crippen molar-refractivity contribution in [1.29, 1.82) is 0 Å². The van der Waals surface area contributed by atoms with Gasteiger partial charge in [0, 0.05) is 12.5 Å². The highest BCUT2D eigenvalue weighted by Gasteiger charge is 2.53. The Morgan fingerprint density at radius 3 is 2.41 bits per heavy atom. The minimum Gasteiger partial charge on any atom is -0.508 e. The number of hydrazone groups is 1. The van der Waals surface area contributed by atoms with E-state index < -0.39 is 53.7 Å². The molecule has 0 saturated heterocycles. The lowest BCUT2D eigenvalue weighted by Gasteiger charge is -2.30. The SMILES string of the molecule is O=C(c1ccc(O)cc1O)N1N=C(C(F)F)C[C@@]1(O)C(F)F. The number of carbonyl (C=O) groups excluding carboxylic acids is 1. The monoisotopic (exact) mass is 322 g/mol. The molecule has 0 spiro atoms. The van der Waals surface area contributed by atoms with E-state index in [1.54, 1.807) is 0 Å². The molecular weight excluding hydrogens is 312 g/mol. The summed E-state index contributed by atoms with van der Waals surface area (Å²) in [5, 5.41) is 31.3. The summed E-state index contributed by atoms with van der Waals surface area (Å²) in [7, 11) is 0. The number of hydrogen-bond donors (Lipinski definition) is 3. The van der Waals surface area contributed by atoms with E-state index in [-0.39, 0.29) is 5.01 Å². The lowest BCUT2D eigenvalue weighted by molar-refractivity contribution is -0.164. The van der Waals surface area contributed by atoms with Gasteiger partial charge in [-0.15, -0.1) is 0 Å². The average molecular weight is 322 g/mol. The third-order valence-corrected chi connectivity index (χ3v) is 3.04. The first-order valence-electron chi connectivity index (χ1n) is 5.89. The van der Waals surface area contributed by atoms with Crippen molar-refractivity contribution in [2.45, 2.75) is 25.0 Å². The summed E-state index contributed by atoms with van der Waals surface area (Å²) in [6, 6.07) is 2.61. The highest BCUT2D eigenvalue weighted by molar-refractivity contribution is 6.00. The molecule has 1 amide bonds. The molecule has 2 rings (SSSR count). The molecule has 6 nitrogen and oxygen atoms in total. The van der Waals surface area contributed by atoms with E-state index >= 15 is 0 Å². The molecule has 0 fully saturated rings. The number of carbonyl (C=O) groups is 1. The average Bonchev–Trinajstić information content (AvgIpc) is 2.78. The number of hydrogen-bond acceptors (Lipinski definition) is 5. The maximum absolute atomic E-state index is 13.0. The molecule has 120 valence electrons. The smallest absolute Gasteiger partial charge is 0.287 e. The lowest BCUT2D eigenvalue weighted by atomic mass is 10.1. The highest BCUT2D eigenvalue weighted by Crippen LogP contribution is 2.35. The van der Waals surface area contributed by atoms with Gasteiger partial charge in [-0.2, -0.15) is 10.1 Å². The van der Waals surface area contributed by atoms with E-state index in [1.165, 1.54) is 0 Å². The molecule has 0 aromatic heterocycles. The molecule has 0 bridgehead atoms. The van der Waals surface area contributed by atoms with E-state index in [1.807, 2.05) is 0 Å². The maximum atomic E-state index is 13.0. The fraction of sp³-hybridized carbons (Fsp3) is 0.333. The van der Waals surface area contributed by atoms with Crippen molar-refractivity contribution in [2.24, 2.45) is 5.10 Å². The van der Waals surface area contributed by atoms with Gasteiger partial charge in [-0.05, 0) is 12.1 Å². The van der Waals surface area contributed by atoms with Crippen molar-refractivity contribution >= 4 is 11.6 Å². The number of halogens is 4. The van der Waals surface area contributed by atoms with Crippen LogP contribution in [0, 0.1) is 0 Å². The molecule has 0 aliphatic carbocycles. The van der Waals surface area contributed by atoms with Crippen LogP contribution >= 0.6 is 0 Å². The Labute approximate surface area is 120 Å². The number of alkyl halides is 4. The first-order chi connectivity index (χ1) is 10.2. The first-order valence-corrected chi connectivity index (χ1v) is 5.89. The molecule has 10 heteroatoms. The van der Waals surface area contributed by atoms with E-state index in [2.05, 4.69) is 5.10 Å². The zero-order chi connectivity index (χ0) is 16.7. The van der Waals surface area contributed by atoms with Crippen LogP contribution in [0.3, 0.4) is 0 Å². The van der Waals surface area contributed by atoms with Gasteiger partial charge in [0.05, 0.1) is 5.56 Å². The van der Waals surface area contributed by atoms with E-state index in [0.29, 0.717) is 0 Å². The molecular formula is C12H10F4N2O4. The minimum absolute atomic E-state index is 0.175. The highest BCUT2D eigenvalue weighted by atomic mass is 19.3. The predicted octanol–water partition coefficient (Wildman–Crippen LogP) is 1.52. The molecule has 1 aromatic rings. The molecule has 1 heterocycles. The summed E-state index contributed by atoms with van der Waals surface area (Å²) in [4.78, 5) is 12.1. The Morgan fingerprint density at radius 1 is 1.27 bits per heavy atom. The van der Waals surface area contributed by atoms with Crippen LogP contribution in [0.4, 0.5) is 17.6 Å². The zero-order valence-electron chi connectivity index (χ0n) is 10.8. The van der Waals surface area contributed by atoms with Gasteiger partial charge in [0.2, 0.25) is 5.72 Å². The van der Waals surface area contributed by atoms with Crippen LogP contribution in [0.2, 0.25) is 0 Å². The van der Waals surface area contributed by atoms with Crippen LogP contribution in [0.1, 0.15) is 16.8 Å². The van der Waals surface area contributed by atoms with Crippen LogP contribution in [-0.2, 0) is 0 Å². The fourth-order valence-corrected chi connectivity index (χ4v) is 1.92. The molecule has 1 aliphatic rings. The quantitative estimate of drug-likeness (QED) is 0.736. The molecule has 1 atom stereocenters. The minimum atomic E-state index is -3.56. The normalized spacial score (nSPS) is 21.6.